The Morgan fingerprint density at radius 3 is 2.62 bits per heavy atom. The molecule has 1 aliphatic carbocycles. The van der Waals surface area contributed by atoms with Crippen LogP contribution in [0.5, 0.6) is 0 Å². The fourth-order valence-electron chi connectivity index (χ4n) is 4.08. The molecule has 1 N–H and O–H groups in total. The second kappa shape index (κ2) is 6.58. The molecule has 3 unspecified atom stereocenters. The highest BCUT2D eigenvalue weighted by atomic mass is 32.2. The highest BCUT2D eigenvalue weighted by Gasteiger charge is 2.51. The quantitative estimate of drug-likeness (QED) is 0.627. The minimum atomic E-state index is -4.39. The number of hydrogen-bond donors (Lipinski definition) is 1. The molecular weight excluding hydrogens is 367 g/mol. The van der Waals surface area contributed by atoms with Crippen LogP contribution in [0.4, 0.5) is 10.1 Å². The Morgan fingerprint density at radius 2 is 2.00 bits per heavy atom. The van der Waals surface area contributed by atoms with E-state index in [2.05, 4.69) is 0 Å². The molecule has 10 heteroatoms. The normalized spacial score (nSPS) is 26.5. The number of carbonyl (C=O) groups is 1. The fraction of sp³-hybridized carbons (Fsp3) is 0.562. The maximum Gasteiger partial charge on any atom is 0.322 e. The molecule has 1 aromatic rings. The van der Waals surface area contributed by atoms with Crippen molar-refractivity contribution in [1.82, 2.24) is 4.31 Å². The summed E-state index contributed by atoms with van der Waals surface area (Å²) in [4.78, 5) is 21.3. The van der Waals surface area contributed by atoms with E-state index >= 15 is 0 Å². The number of hydrogen-bond acceptors (Lipinski definition) is 5. The Morgan fingerprint density at radius 1 is 1.35 bits per heavy atom. The lowest BCUT2D eigenvalue weighted by atomic mass is 9.85. The van der Waals surface area contributed by atoms with Gasteiger partial charge in [-0.2, -0.15) is 4.31 Å². The highest BCUT2D eigenvalue weighted by molar-refractivity contribution is 7.89. The molecule has 3 rings (SSSR count). The second-order valence-corrected chi connectivity index (χ2v) is 8.69. The number of sulfonamides is 1. The van der Waals surface area contributed by atoms with Crippen molar-refractivity contribution in [3.8, 4) is 0 Å². The zero-order valence-corrected chi connectivity index (χ0v) is 14.9. The first kappa shape index (κ1) is 18.7. The largest absolute Gasteiger partial charge is 0.480 e. The number of carboxylic acid groups (broad SMARTS) is 1. The molecule has 0 aromatic heterocycles. The molecule has 1 aromatic carbocycles. The van der Waals surface area contributed by atoms with E-state index in [0.717, 1.165) is 35.7 Å². The Balaban J connectivity index is 2.11. The van der Waals surface area contributed by atoms with E-state index in [1.54, 1.807) is 0 Å². The van der Waals surface area contributed by atoms with Gasteiger partial charge in [0.15, 0.2) is 0 Å². The van der Waals surface area contributed by atoms with Gasteiger partial charge in [-0.25, -0.2) is 12.8 Å². The lowest BCUT2D eigenvalue weighted by Crippen LogP contribution is -2.46. The number of nitro groups is 1. The van der Waals surface area contributed by atoms with Crippen molar-refractivity contribution in [1.29, 1.82) is 0 Å². The third kappa shape index (κ3) is 2.96. The molecule has 2 fully saturated rings. The van der Waals surface area contributed by atoms with E-state index < -0.39 is 49.4 Å². The Hall–Kier alpha value is -2.07. The maximum atomic E-state index is 14.1. The van der Waals surface area contributed by atoms with Gasteiger partial charge in [0.25, 0.3) is 5.69 Å². The minimum absolute atomic E-state index is 0.0649. The van der Waals surface area contributed by atoms with Crippen molar-refractivity contribution in [3.05, 3.63) is 33.6 Å². The standard InChI is InChI=1S/C16H19FN2O6S/c1-9-12(17)7-11(8-14(9)19(22)23)26(24,25)18-13-5-3-2-4-10(13)6-15(18)16(20)21/h7-8,10,13,15H,2-6H2,1H3,(H,20,21). The van der Waals surface area contributed by atoms with Crippen LogP contribution in [0.1, 0.15) is 37.7 Å². The molecular formula is C16H19FN2O6S. The predicted molar refractivity (Wildman–Crippen MR) is 88.6 cm³/mol. The monoisotopic (exact) mass is 386 g/mol. The van der Waals surface area contributed by atoms with E-state index in [9.17, 15) is 32.8 Å². The van der Waals surface area contributed by atoms with Crippen molar-refractivity contribution >= 4 is 21.7 Å². The summed E-state index contributed by atoms with van der Waals surface area (Å²) in [5.74, 6) is -2.33. The molecule has 1 aliphatic heterocycles. The number of nitrogens with zero attached hydrogens (tertiary/aromatic N) is 2. The Labute approximate surface area is 149 Å². The topological polar surface area (TPSA) is 118 Å². The van der Waals surface area contributed by atoms with Crippen LogP contribution in [0.15, 0.2) is 17.0 Å². The number of rotatable bonds is 4. The Bertz CT molecular complexity index is 872. The van der Waals surface area contributed by atoms with Crippen LogP contribution in [-0.2, 0) is 14.8 Å². The van der Waals surface area contributed by atoms with Crippen LogP contribution < -0.4 is 0 Å². The highest BCUT2D eigenvalue weighted by Crippen LogP contribution is 2.43. The van der Waals surface area contributed by atoms with Crippen molar-refractivity contribution in [2.45, 2.75) is 56.0 Å². The molecule has 142 valence electrons. The zero-order chi connectivity index (χ0) is 19.2. The number of nitro benzene ring substituents is 1. The SMILES string of the molecule is Cc1c(F)cc(S(=O)(=O)N2C(C(=O)O)CC3CCCCC32)cc1[N+](=O)[O-]. The van der Waals surface area contributed by atoms with Gasteiger partial charge < -0.3 is 5.11 Å². The molecule has 0 amide bonds. The van der Waals surface area contributed by atoms with Crippen LogP contribution in [0, 0.1) is 28.8 Å². The first-order valence-corrected chi connectivity index (χ1v) is 9.79. The smallest absolute Gasteiger partial charge is 0.322 e. The van der Waals surface area contributed by atoms with Crippen LogP contribution in [-0.4, -0.2) is 40.8 Å². The number of fused-ring (bicyclic) bond motifs is 1. The van der Waals surface area contributed by atoms with E-state index in [1.807, 2.05) is 0 Å². The summed E-state index contributed by atoms with van der Waals surface area (Å²) >= 11 is 0. The lowest BCUT2D eigenvalue weighted by Gasteiger charge is -2.32. The third-order valence-electron chi connectivity index (χ3n) is 5.38. The van der Waals surface area contributed by atoms with Gasteiger partial charge in [0, 0.05) is 12.1 Å². The number of aliphatic carboxylic acids is 1. The third-order valence-corrected chi connectivity index (χ3v) is 7.29. The van der Waals surface area contributed by atoms with Gasteiger partial charge in [-0.1, -0.05) is 12.8 Å². The summed E-state index contributed by atoms with van der Waals surface area (Å²) in [5, 5.41) is 20.6. The average Bonchev–Trinajstić information content (AvgIpc) is 2.97. The van der Waals surface area contributed by atoms with Crippen LogP contribution in [0.3, 0.4) is 0 Å². The van der Waals surface area contributed by atoms with Gasteiger partial charge in [0.1, 0.15) is 11.9 Å². The van der Waals surface area contributed by atoms with E-state index in [4.69, 9.17) is 0 Å². The van der Waals surface area contributed by atoms with Gasteiger partial charge in [-0.3, -0.25) is 14.9 Å². The zero-order valence-electron chi connectivity index (χ0n) is 14.1. The van der Waals surface area contributed by atoms with Crippen molar-refractivity contribution < 1.29 is 27.6 Å². The lowest BCUT2D eigenvalue weighted by molar-refractivity contribution is -0.385. The van der Waals surface area contributed by atoms with Crippen LogP contribution in [0.2, 0.25) is 0 Å². The first-order chi connectivity index (χ1) is 12.1. The minimum Gasteiger partial charge on any atom is -0.480 e. The predicted octanol–water partition coefficient (Wildman–Crippen LogP) is 2.45. The molecule has 2 aliphatic rings. The van der Waals surface area contributed by atoms with Gasteiger partial charge in [0.2, 0.25) is 10.0 Å². The molecule has 0 radical (unpaired) electrons. The molecule has 3 atom stereocenters. The molecule has 0 bridgehead atoms. The number of halogens is 1. The van der Waals surface area contributed by atoms with E-state index in [1.165, 1.54) is 6.92 Å². The van der Waals surface area contributed by atoms with Crippen LogP contribution >= 0.6 is 0 Å². The summed E-state index contributed by atoms with van der Waals surface area (Å²) in [6, 6.07) is -0.176. The molecule has 8 nitrogen and oxygen atoms in total. The summed E-state index contributed by atoms with van der Waals surface area (Å²) in [5.41, 5.74) is -0.907. The van der Waals surface area contributed by atoms with Crippen molar-refractivity contribution in [2.24, 2.45) is 5.92 Å². The van der Waals surface area contributed by atoms with Crippen molar-refractivity contribution in [2.75, 3.05) is 0 Å². The summed E-state index contributed by atoms with van der Waals surface area (Å²) < 4.78 is 41.3. The molecule has 1 saturated heterocycles. The molecule has 1 heterocycles. The summed E-state index contributed by atoms with van der Waals surface area (Å²) in [6.07, 6.45) is 3.16. The molecule has 0 spiro atoms. The van der Waals surface area contributed by atoms with Gasteiger partial charge in [-0.05, 0) is 38.2 Å². The maximum absolute atomic E-state index is 14.1. The fourth-order valence-corrected chi connectivity index (χ4v) is 5.98. The molecule has 26 heavy (non-hydrogen) atoms. The second-order valence-electron chi connectivity index (χ2n) is 6.84. The van der Waals surface area contributed by atoms with Crippen LogP contribution in [0.25, 0.3) is 0 Å². The van der Waals surface area contributed by atoms with Gasteiger partial charge >= 0.3 is 5.97 Å². The van der Waals surface area contributed by atoms with E-state index in [-0.39, 0.29) is 17.9 Å². The summed E-state index contributed by atoms with van der Waals surface area (Å²) in [6.45, 7) is 1.19. The average molecular weight is 386 g/mol. The summed E-state index contributed by atoms with van der Waals surface area (Å²) in [7, 11) is -4.39. The molecule has 1 saturated carbocycles. The van der Waals surface area contributed by atoms with Gasteiger partial charge in [0.05, 0.1) is 15.4 Å². The van der Waals surface area contributed by atoms with Gasteiger partial charge in [-0.15, -0.1) is 0 Å². The Kier molecular flexibility index (Phi) is 4.74. The van der Waals surface area contributed by atoms with E-state index in [0.29, 0.717) is 6.42 Å². The number of carboxylic acids is 1. The number of benzene rings is 1. The first-order valence-electron chi connectivity index (χ1n) is 8.35. The van der Waals surface area contributed by atoms with Crippen molar-refractivity contribution in [3.63, 3.8) is 0 Å².